The largest absolute Gasteiger partial charge is 2.00 e. The maximum absolute atomic E-state index is 3.81. The number of nitrogens with zero attached hydrogens (tertiary/aromatic N) is 1. The zero-order valence-electron chi connectivity index (χ0n) is 4.00. The van der Waals surface area contributed by atoms with E-state index in [1.54, 1.807) is 18.5 Å². The first-order chi connectivity index (χ1) is 3.39. The fourth-order valence-corrected chi connectivity index (χ4v) is 0.556. The molecule has 0 bridgehead atoms. The maximum Gasteiger partial charge on any atom is 2.00 e. The molecule has 0 spiro atoms. The maximum atomic E-state index is 3.81. The molecule has 1 radical (unpaired) electrons. The quantitative estimate of drug-likeness (QED) is 0.590. The average molecular weight is 208 g/mol. The van der Waals surface area contributed by atoms with E-state index in [0.717, 1.165) is 4.47 Å². The molecule has 1 nitrogen and oxygen atoms in total. The Morgan fingerprint density at radius 1 is 1.62 bits per heavy atom. The molecule has 0 unspecified atom stereocenters. The SMILES string of the molecule is Brc1[c-]ccnc1.[V+2]. The molecule has 0 saturated heterocycles. The van der Waals surface area contributed by atoms with E-state index in [1.165, 1.54) is 0 Å². The Balaban J connectivity index is 0.000000490. The standard InChI is InChI=1S/C5H3BrN.V/c6-5-2-1-3-7-4-5;/h1,3-4H;/q-1;+2. The summed E-state index contributed by atoms with van der Waals surface area (Å²) in [5, 5.41) is 0. The average Bonchev–Trinajstić information content (AvgIpc) is 1.69. The second-order valence-electron chi connectivity index (χ2n) is 1.09. The van der Waals surface area contributed by atoms with Gasteiger partial charge in [-0.05, 0) is 0 Å². The van der Waals surface area contributed by atoms with E-state index >= 15 is 0 Å². The Labute approximate surface area is 68.5 Å². The van der Waals surface area contributed by atoms with E-state index in [0.29, 0.717) is 0 Å². The molecule has 0 aromatic carbocycles. The zero-order valence-corrected chi connectivity index (χ0v) is 6.99. The van der Waals surface area contributed by atoms with Crippen LogP contribution in [0.2, 0.25) is 0 Å². The molecule has 0 atom stereocenters. The van der Waals surface area contributed by atoms with Crippen LogP contribution in [-0.4, -0.2) is 4.98 Å². The molecule has 0 saturated carbocycles. The van der Waals surface area contributed by atoms with Crippen molar-refractivity contribution in [3.05, 3.63) is 29.0 Å². The van der Waals surface area contributed by atoms with Crippen LogP contribution in [0.4, 0.5) is 0 Å². The molecule has 0 aliphatic rings. The summed E-state index contributed by atoms with van der Waals surface area (Å²) in [5.74, 6) is 0. The van der Waals surface area contributed by atoms with E-state index in [9.17, 15) is 0 Å². The van der Waals surface area contributed by atoms with Gasteiger partial charge in [-0.1, -0.05) is 32.8 Å². The van der Waals surface area contributed by atoms with Crippen LogP contribution >= 0.6 is 15.9 Å². The van der Waals surface area contributed by atoms with Crippen molar-refractivity contribution in [3.63, 3.8) is 0 Å². The van der Waals surface area contributed by atoms with Crippen LogP contribution < -0.4 is 0 Å². The van der Waals surface area contributed by atoms with E-state index in [4.69, 9.17) is 0 Å². The molecule has 8 heavy (non-hydrogen) atoms. The van der Waals surface area contributed by atoms with Crippen molar-refractivity contribution in [3.8, 4) is 0 Å². The molecule has 1 rings (SSSR count). The third-order valence-electron chi connectivity index (χ3n) is 0.570. The smallest absolute Gasteiger partial charge is 0.390 e. The number of rotatable bonds is 0. The Hall–Kier alpha value is 0.214. The number of halogens is 1. The van der Waals surface area contributed by atoms with Gasteiger partial charge in [-0.15, -0.1) is 0 Å². The minimum Gasteiger partial charge on any atom is -0.390 e. The Kier molecular flexibility index (Phi) is 4.24. The first-order valence-electron chi connectivity index (χ1n) is 1.87. The first kappa shape index (κ1) is 8.21. The summed E-state index contributed by atoms with van der Waals surface area (Å²) in [6, 6.07) is 4.64. The van der Waals surface area contributed by atoms with Crippen molar-refractivity contribution >= 4 is 15.9 Å². The van der Waals surface area contributed by atoms with Gasteiger partial charge in [0.15, 0.2) is 0 Å². The van der Waals surface area contributed by atoms with Gasteiger partial charge in [0.05, 0.1) is 0 Å². The summed E-state index contributed by atoms with van der Waals surface area (Å²) in [4.78, 5) is 3.81. The molecule has 1 heterocycles. The van der Waals surface area contributed by atoms with E-state index in [2.05, 4.69) is 27.0 Å². The minimum absolute atomic E-state index is 0. The van der Waals surface area contributed by atoms with Crippen LogP contribution in [0.25, 0.3) is 0 Å². The van der Waals surface area contributed by atoms with Gasteiger partial charge in [-0.2, -0.15) is 12.1 Å². The zero-order chi connectivity index (χ0) is 5.11. The van der Waals surface area contributed by atoms with Crippen LogP contribution in [0.1, 0.15) is 0 Å². The predicted molar refractivity (Wildman–Crippen MR) is 30.8 cm³/mol. The summed E-state index contributed by atoms with van der Waals surface area (Å²) in [7, 11) is 0. The van der Waals surface area contributed by atoms with Crippen LogP contribution in [0.5, 0.6) is 0 Å². The normalized spacial score (nSPS) is 7.62. The van der Waals surface area contributed by atoms with Crippen LogP contribution in [0.3, 0.4) is 0 Å². The van der Waals surface area contributed by atoms with Gasteiger partial charge in [-0.25, -0.2) is 0 Å². The fourth-order valence-electron chi connectivity index (χ4n) is 0.306. The van der Waals surface area contributed by atoms with E-state index in [1.807, 2.05) is 0 Å². The van der Waals surface area contributed by atoms with Crippen molar-refractivity contribution in [2.75, 3.05) is 0 Å². The predicted octanol–water partition coefficient (Wildman–Crippen LogP) is 1.64. The van der Waals surface area contributed by atoms with E-state index < -0.39 is 0 Å². The third-order valence-corrected chi connectivity index (χ3v) is 1.00. The molecule has 0 amide bonds. The van der Waals surface area contributed by atoms with Gasteiger partial charge < -0.3 is 4.98 Å². The first-order valence-corrected chi connectivity index (χ1v) is 2.66. The second kappa shape index (κ2) is 4.13. The van der Waals surface area contributed by atoms with Gasteiger partial charge in [0.25, 0.3) is 0 Å². The fraction of sp³-hybridized carbons (Fsp3) is 0. The number of hydrogen-bond donors (Lipinski definition) is 0. The van der Waals surface area contributed by atoms with Gasteiger partial charge in [-0.3, -0.25) is 0 Å². The van der Waals surface area contributed by atoms with Gasteiger partial charge in [0.1, 0.15) is 0 Å². The van der Waals surface area contributed by atoms with Crippen LogP contribution in [0, 0.1) is 6.07 Å². The summed E-state index contributed by atoms with van der Waals surface area (Å²) in [5.41, 5.74) is 0. The summed E-state index contributed by atoms with van der Waals surface area (Å²) in [6.07, 6.45) is 3.38. The molecular weight excluding hydrogens is 205 g/mol. The van der Waals surface area contributed by atoms with Crippen molar-refractivity contribution in [2.45, 2.75) is 0 Å². The van der Waals surface area contributed by atoms with Crippen molar-refractivity contribution < 1.29 is 18.6 Å². The molecule has 1 aromatic rings. The number of pyridine rings is 1. The third kappa shape index (κ3) is 2.50. The van der Waals surface area contributed by atoms with Crippen LogP contribution in [0.15, 0.2) is 22.9 Å². The minimum atomic E-state index is 0. The Morgan fingerprint density at radius 2 is 2.38 bits per heavy atom. The number of hydrogen-bond acceptors (Lipinski definition) is 1. The molecule has 3 heteroatoms. The Morgan fingerprint density at radius 3 is 2.62 bits per heavy atom. The van der Waals surface area contributed by atoms with Crippen molar-refractivity contribution in [1.29, 1.82) is 0 Å². The monoisotopic (exact) mass is 207 g/mol. The van der Waals surface area contributed by atoms with Gasteiger partial charge in [0, 0.05) is 0 Å². The van der Waals surface area contributed by atoms with E-state index in [-0.39, 0.29) is 18.6 Å². The molecule has 0 N–H and O–H groups in total. The topological polar surface area (TPSA) is 12.9 Å². The molecular formula is C5H3BrNV+. The van der Waals surface area contributed by atoms with Crippen molar-refractivity contribution in [1.82, 2.24) is 4.98 Å². The summed E-state index contributed by atoms with van der Waals surface area (Å²) >= 11 is 3.19. The van der Waals surface area contributed by atoms with Gasteiger partial charge >= 0.3 is 18.6 Å². The van der Waals surface area contributed by atoms with Gasteiger partial charge in [0.2, 0.25) is 0 Å². The molecule has 0 aliphatic carbocycles. The summed E-state index contributed by atoms with van der Waals surface area (Å²) < 4.78 is 0.898. The van der Waals surface area contributed by atoms with Crippen molar-refractivity contribution in [2.24, 2.45) is 0 Å². The molecule has 39 valence electrons. The Bertz CT molecular complexity index is 142. The molecule has 0 aliphatic heterocycles. The summed E-state index contributed by atoms with van der Waals surface area (Å²) in [6.45, 7) is 0. The second-order valence-corrected chi connectivity index (χ2v) is 1.94. The molecule has 1 aromatic heterocycles. The van der Waals surface area contributed by atoms with Crippen LogP contribution in [-0.2, 0) is 18.6 Å². The molecule has 0 fully saturated rings. The number of aromatic nitrogens is 1.